The number of hydrogen-bond acceptors (Lipinski definition) is 1. The summed E-state index contributed by atoms with van der Waals surface area (Å²) in [6, 6.07) is 9.18. The predicted molar refractivity (Wildman–Crippen MR) is 72.2 cm³/mol. The molecule has 1 aliphatic carbocycles. The molecule has 1 heterocycles. The first-order valence-electron chi connectivity index (χ1n) is 7.20. The summed E-state index contributed by atoms with van der Waals surface area (Å²) in [4.78, 5) is 0. The molecule has 2 fully saturated rings. The molecule has 1 nitrogen and oxygen atoms in total. The van der Waals surface area contributed by atoms with Crippen molar-refractivity contribution in [2.75, 3.05) is 6.54 Å². The summed E-state index contributed by atoms with van der Waals surface area (Å²) in [6.45, 7) is 3.52. The highest BCUT2D eigenvalue weighted by Crippen LogP contribution is 2.43. The minimum absolute atomic E-state index is 0.284. The van der Waals surface area contributed by atoms with Gasteiger partial charge in [-0.15, -0.1) is 0 Å². The Morgan fingerprint density at radius 1 is 1.24 bits per heavy atom. The zero-order valence-electron chi connectivity index (χ0n) is 10.8. The molecule has 17 heavy (non-hydrogen) atoms. The Bertz CT molecular complexity index is 386. The first-order chi connectivity index (χ1) is 8.36. The average Bonchev–Trinajstić information content (AvgIpc) is 2.77. The van der Waals surface area contributed by atoms with Crippen LogP contribution in [0.1, 0.15) is 62.5 Å². The highest BCUT2D eigenvalue weighted by molar-refractivity contribution is 5.38. The maximum absolute atomic E-state index is 3.78. The van der Waals surface area contributed by atoms with Crippen LogP contribution in [0, 0.1) is 0 Å². The standard InChI is InChI=1S/C16H23N/c1-2-16(11-6-12-17-16)15-10-4-3-9-14(15)13-7-5-8-13/h3-4,9-10,13,17H,2,5-8,11-12H2,1H3. The second kappa shape index (κ2) is 4.45. The third-order valence-electron chi connectivity index (χ3n) is 4.87. The van der Waals surface area contributed by atoms with Crippen LogP contribution >= 0.6 is 0 Å². The number of benzene rings is 1. The highest BCUT2D eigenvalue weighted by Gasteiger charge is 2.36. The van der Waals surface area contributed by atoms with Gasteiger partial charge in [0.2, 0.25) is 0 Å². The van der Waals surface area contributed by atoms with Crippen LogP contribution in [0.2, 0.25) is 0 Å². The second-order valence-corrected chi connectivity index (χ2v) is 5.68. The molecular formula is C16H23N. The van der Waals surface area contributed by atoms with Gasteiger partial charge < -0.3 is 5.32 Å². The van der Waals surface area contributed by atoms with Gasteiger partial charge in [0.05, 0.1) is 0 Å². The second-order valence-electron chi connectivity index (χ2n) is 5.68. The molecule has 3 rings (SSSR count). The minimum atomic E-state index is 0.284. The molecule has 0 aromatic heterocycles. The van der Waals surface area contributed by atoms with Gasteiger partial charge in [-0.1, -0.05) is 37.6 Å². The van der Waals surface area contributed by atoms with Gasteiger partial charge in [-0.2, -0.15) is 0 Å². The third-order valence-corrected chi connectivity index (χ3v) is 4.87. The predicted octanol–water partition coefficient (Wildman–Crippen LogP) is 3.94. The van der Waals surface area contributed by atoms with Crippen molar-refractivity contribution in [1.82, 2.24) is 5.32 Å². The Hall–Kier alpha value is -0.820. The van der Waals surface area contributed by atoms with Gasteiger partial charge in [0.25, 0.3) is 0 Å². The van der Waals surface area contributed by atoms with Gasteiger partial charge in [-0.3, -0.25) is 0 Å². The monoisotopic (exact) mass is 229 g/mol. The molecule has 0 amide bonds. The van der Waals surface area contributed by atoms with E-state index in [2.05, 4.69) is 36.5 Å². The largest absolute Gasteiger partial charge is 0.307 e. The maximum Gasteiger partial charge on any atom is 0.0435 e. The molecule has 0 spiro atoms. The van der Waals surface area contributed by atoms with Gasteiger partial charge in [0.1, 0.15) is 0 Å². The van der Waals surface area contributed by atoms with Crippen LogP contribution in [0.15, 0.2) is 24.3 Å². The van der Waals surface area contributed by atoms with Crippen molar-refractivity contribution >= 4 is 0 Å². The molecule has 1 heteroatoms. The summed E-state index contributed by atoms with van der Waals surface area (Å²) < 4.78 is 0. The van der Waals surface area contributed by atoms with Crippen molar-refractivity contribution in [3.05, 3.63) is 35.4 Å². The normalized spacial score (nSPS) is 29.2. The lowest BCUT2D eigenvalue weighted by Gasteiger charge is -2.36. The van der Waals surface area contributed by atoms with E-state index in [1.807, 2.05) is 0 Å². The quantitative estimate of drug-likeness (QED) is 0.827. The lowest BCUT2D eigenvalue weighted by Crippen LogP contribution is -2.37. The van der Waals surface area contributed by atoms with E-state index < -0.39 is 0 Å². The fraction of sp³-hybridized carbons (Fsp3) is 0.625. The fourth-order valence-electron chi connectivity index (χ4n) is 3.54. The zero-order chi connectivity index (χ0) is 11.7. The molecule has 1 atom stereocenters. The Kier molecular flexibility index (Phi) is 2.96. The van der Waals surface area contributed by atoms with E-state index in [0.717, 1.165) is 5.92 Å². The highest BCUT2D eigenvalue weighted by atomic mass is 15.0. The fourth-order valence-corrected chi connectivity index (χ4v) is 3.54. The molecule has 1 aromatic carbocycles. The maximum atomic E-state index is 3.78. The van der Waals surface area contributed by atoms with E-state index >= 15 is 0 Å². The van der Waals surface area contributed by atoms with Gasteiger partial charge >= 0.3 is 0 Å². The lowest BCUT2D eigenvalue weighted by molar-refractivity contribution is 0.355. The molecule has 1 N–H and O–H groups in total. The molecule has 92 valence electrons. The molecule has 2 aliphatic rings. The van der Waals surface area contributed by atoms with Crippen molar-refractivity contribution in [1.29, 1.82) is 0 Å². The van der Waals surface area contributed by atoms with E-state index in [4.69, 9.17) is 0 Å². The molecular weight excluding hydrogens is 206 g/mol. The van der Waals surface area contributed by atoms with Crippen LogP contribution in [0.4, 0.5) is 0 Å². The van der Waals surface area contributed by atoms with Gasteiger partial charge in [-0.25, -0.2) is 0 Å². The van der Waals surface area contributed by atoms with Gasteiger partial charge in [0.15, 0.2) is 0 Å². The van der Waals surface area contributed by atoms with E-state index in [1.54, 1.807) is 11.1 Å². The molecule has 0 radical (unpaired) electrons. The van der Waals surface area contributed by atoms with Crippen LogP contribution < -0.4 is 5.32 Å². The van der Waals surface area contributed by atoms with E-state index in [0.29, 0.717) is 0 Å². The van der Waals surface area contributed by atoms with Crippen molar-refractivity contribution in [2.24, 2.45) is 0 Å². The van der Waals surface area contributed by atoms with Crippen LogP contribution in [-0.2, 0) is 5.54 Å². The lowest BCUT2D eigenvalue weighted by atomic mass is 9.73. The molecule has 0 bridgehead atoms. The summed E-state index contributed by atoms with van der Waals surface area (Å²) >= 11 is 0. The summed E-state index contributed by atoms with van der Waals surface area (Å²) in [7, 11) is 0. The number of nitrogens with one attached hydrogen (secondary N) is 1. The Morgan fingerprint density at radius 2 is 2.06 bits per heavy atom. The summed E-state index contributed by atoms with van der Waals surface area (Å²) in [5, 5.41) is 3.78. The SMILES string of the molecule is CCC1(c2ccccc2C2CCC2)CCCN1. The van der Waals surface area contributed by atoms with Crippen molar-refractivity contribution in [3.63, 3.8) is 0 Å². The Morgan fingerprint density at radius 3 is 2.65 bits per heavy atom. The average molecular weight is 229 g/mol. The van der Waals surface area contributed by atoms with Crippen molar-refractivity contribution in [2.45, 2.75) is 56.9 Å². The topological polar surface area (TPSA) is 12.0 Å². The minimum Gasteiger partial charge on any atom is -0.307 e. The van der Waals surface area contributed by atoms with Gasteiger partial charge in [0, 0.05) is 5.54 Å². The van der Waals surface area contributed by atoms with E-state index in [1.165, 1.54) is 45.1 Å². The first-order valence-corrected chi connectivity index (χ1v) is 7.20. The van der Waals surface area contributed by atoms with Crippen molar-refractivity contribution in [3.8, 4) is 0 Å². The van der Waals surface area contributed by atoms with Crippen LogP contribution in [0.5, 0.6) is 0 Å². The van der Waals surface area contributed by atoms with Gasteiger partial charge in [-0.05, 0) is 55.7 Å². The molecule has 1 unspecified atom stereocenters. The van der Waals surface area contributed by atoms with E-state index in [-0.39, 0.29) is 5.54 Å². The Balaban J connectivity index is 2.00. The number of hydrogen-bond donors (Lipinski definition) is 1. The molecule has 1 aliphatic heterocycles. The summed E-state index contributed by atoms with van der Waals surface area (Å²) in [6.07, 6.45) is 8.08. The van der Waals surface area contributed by atoms with Crippen molar-refractivity contribution < 1.29 is 0 Å². The molecule has 1 aromatic rings. The summed E-state index contributed by atoms with van der Waals surface area (Å²) in [5.74, 6) is 0.844. The smallest absolute Gasteiger partial charge is 0.0435 e. The third kappa shape index (κ3) is 1.81. The number of rotatable bonds is 3. The Labute approximate surface area is 105 Å². The zero-order valence-corrected chi connectivity index (χ0v) is 10.8. The summed E-state index contributed by atoms with van der Waals surface area (Å²) in [5.41, 5.74) is 3.52. The molecule has 1 saturated carbocycles. The van der Waals surface area contributed by atoms with Crippen LogP contribution in [-0.4, -0.2) is 6.54 Å². The van der Waals surface area contributed by atoms with E-state index in [9.17, 15) is 0 Å². The van der Waals surface area contributed by atoms with Crippen LogP contribution in [0.25, 0.3) is 0 Å². The first kappa shape index (κ1) is 11.3. The van der Waals surface area contributed by atoms with Crippen LogP contribution in [0.3, 0.4) is 0 Å². The molecule has 1 saturated heterocycles.